The summed E-state index contributed by atoms with van der Waals surface area (Å²) in [5.74, 6) is 1.86. The van der Waals surface area contributed by atoms with Crippen LogP contribution in [-0.2, 0) is 38.7 Å². The summed E-state index contributed by atoms with van der Waals surface area (Å²) in [4.78, 5) is 30.0. The van der Waals surface area contributed by atoms with Gasteiger partial charge >= 0.3 is 0 Å². The Morgan fingerprint density at radius 3 is 1.37 bits per heavy atom. The second kappa shape index (κ2) is 15.3. The minimum Gasteiger partial charge on any atom is -0.456 e. The number of nitrogens with zero attached hydrogens (tertiary/aromatic N) is 2. The average Bonchev–Trinajstić information content (AvgIpc) is 2.94. The Morgan fingerprint density at radius 1 is 0.674 bits per heavy atom. The van der Waals surface area contributed by atoms with Crippen molar-refractivity contribution in [2.24, 2.45) is 0 Å². The first kappa shape index (κ1) is 37.6. The lowest BCUT2D eigenvalue weighted by Gasteiger charge is -2.39. The van der Waals surface area contributed by atoms with Gasteiger partial charge in [0, 0.05) is 42.5 Å². The monoisotopic (exact) mass is 634 g/mol. The molecule has 7 nitrogen and oxygen atoms in total. The number of carbonyl (C=O) groups is 2. The van der Waals surface area contributed by atoms with E-state index >= 15 is 0 Å². The summed E-state index contributed by atoms with van der Waals surface area (Å²) in [5, 5.41) is 6.20. The smallest absolute Gasteiger partial charge is 0.220 e. The summed E-state index contributed by atoms with van der Waals surface area (Å²) in [6, 6.07) is 9.11. The van der Waals surface area contributed by atoms with Crippen LogP contribution in [0.2, 0.25) is 0 Å². The molecule has 3 rings (SSSR count). The minimum atomic E-state index is -0.336. The predicted molar refractivity (Wildman–Crippen MR) is 191 cm³/mol. The number of hydrogen-bond acceptors (Lipinski definition) is 5. The predicted octanol–water partition coefficient (Wildman–Crippen LogP) is 6.71. The van der Waals surface area contributed by atoms with Crippen LogP contribution in [0.15, 0.2) is 24.3 Å². The number of ether oxygens (including phenoxy) is 1. The van der Waals surface area contributed by atoms with Crippen LogP contribution in [0.25, 0.3) is 0 Å². The molecule has 0 fully saturated rings. The summed E-state index contributed by atoms with van der Waals surface area (Å²) in [7, 11) is 8.18. The zero-order valence-electron chi connectivity index (χ0n) is 31.0. The van der Waals surface area contributed by atoms with Crippen molar-refractivity contribution in [3.8, 4) is 11.5 Å². The van der Waals surface area contributed by atoms with Crippen molar-refractivity contribution in [1.29, 1.82) is 0 Å². The van der Waals surface area contributed by atoms with Gasteiger partial charge in [0.2, 0.25) is 11.8 Å². The van der Waals surface area contributed by atoms with Crippen LogP contribution in [0.4, 0.5) is 0 Å². The van der Waals surface area contributed by atoms with E-state index in [1.54, 1.807) is 0 Å². The molecule has 46 heavy (non-hydrogen) atoms. The Balaban J connectivity index is 1.98. The lowest BCUT2D eigenvalue weighted by molar-refractivity contribution is -0.121. The van der Waals surface area contributed by atoms with E-state index in [2.05, 4.69) is 100 Å². The fourth-order valence-corrected chi connectivity index (χ4v) is 5.95. The standard InChI is InChI=1S/C39H62N4O3/c1-37(2,3)29-23-27(15-17-33(44)40-19-13-21-42(9)10)35-31(25-29)39(7,8)32-26-30(38(4,5)6)24-28(36(32)46-35)16-18-34(45)41-20-14-22-43(11)12/h23-26H,13-22H2,1-12H3,(H,40,44)(H,41,45). The van der Waals surface area contributed by atoms with Gasteiger partial charge in [0.05, 0.1) is 0 Å². The van der Waals surface area contributed by atoms with Gasteiger partial charge in [-0.3, -0.25) is 9.59 Å². The van der Waals surface area contributed by atoms with Crippen molar-refractivity contribution in [1.82, 2.24) is 20.4 Å². The summed E-state index contributed by atoms with van der Waals surface area (Å²) in [6.45, 7) is 21.2. The Labute approximate surface area is 279 Å². The molecular formula is C39H62N4O3. The molecule has 0 aliphatic carbocycles. The molecule has 2 N–H and O–H groups in total. The Hall–Kier alpha value is -2.90. The molecule has 7 heteroatoms. The van der Waals surface area contributed by atoms with E-state index in [1.807, 2.05) is 28.2 Å². The quantitative estimate of drug-likeness (QED) is 0.226. The molecule has 0 atom stereocenters. The van der Waals surface area contributed by atoms with Crippen molar-refractivity contribution in [3.63, 3.8) is 0 Å². The average molecular weight is 635 g/mol. The van der Waals surface area contributed by atoms with Crippen LogP contribution in [0.5, 0.6) is 11.5 Å². The molecule has 0 aromatic heterocycles. The fourth-order valence-electron chi connectivity index (χ4n) is 5.95. The van der Waals surface area contributed by atoms with Crippen LogP contribution in [0.1, 0.15) is 114 Å². The van der Waals surface area contributed by atoms with Crippen LogP contribution < -0.4 is 15.4 Å². The third-order valence-corrected chi connectivity index (χ3v) is 9.07. The first-order valence-corrected chi connectivity index (χ1v) is 17.2. The fraction of sp³-hybridized carbons (Fsp3) is 0.641. The van der Waals surface area contributed by atoms with E-state index in [0.717, 1.165) is 59.7 Å². The number of fused-ring (bicyclic) bond motifs is 2. The molecule has 2 aromatic carbocycles. The Kier molecular flexibility index (Phi) is 12.5. The van der Waals surface area contributed by atoms with E-state index in [-0.39, 0.29) is 28.1 Å². The first-order valence-electron chi connectivity index (χ1n) is 17.2. The molecule has 1 heterocycles. The van der Waals surface area contributed by atoms with E-state index in [0.29, 0.717) is 38.8 Å². The third kappa shape index (κ3) is 10.0. The second-order valence-corrected chi connectivity index (χ2v) is 16.3. The van der Waals surface area contributed by atoms with Gasteiger partial charge in [-0.15, -0.1) is 0 Å². The van der Waals surface area contributed by atoms with Gasteiger partial charge in [-0.1, -0.05) is 79.7 Å². The number of hydrogen-bond donors (Lipinski definition) is 2. The highest BCUT2D eigenvalue weighted by Crippen LogP contribution is 2.53. The lowest BCUT2D eigenvalue weighted by atomic mass is 9.70. The van der Waals surface area contributed by atoms with Crippen LogP contribution in [0.3, 0.4) is 0 Å². The molecule has 0 radical (unpaired) electrons. The van der Waals surface area contributed by atoms with Gasteiger partial charge in [0.1, 0.15) is 11.5 Å². The van der Waals surface area contributed by atoms with Gasteiger partial charge in [-0.25, -0.2) is 0 Å². The van der Waals surface area contributed by atoms with Crippen LogP contribution in [-0.4, -0.2) is 76.0 Å². The molecule has 1 aliphatic heterocycles. The number of carbonyl (C=O) groups excluding carboxylic acids is 2. The minimum absolute atomic E-state index is 0.0626. The van der Waals surface area contributed by atoms with Crippen molar-refractivity contribution >= 4 is 11.8 Å². The van der Waals surface area contributed by atoms with Crippen molar-refractivity contribution in [2.75, 3.05) is 54.4 Å². The molecule has 2 aromatic rings. The van der Waals surface area contributed by atoms with E-state index in [1.165, 1.54) is 11.1 Å². The number of aryl methyl sites for hydroxylation is 2. The first-order chi connectivity index (χ1) is 21.3. The summed E-state index contributed by atoms with van der Waals surface area (Å²) in [5.41, 5.74) is 6.46. The highest BCUT2D eigenvalue weighted by atomic mass is 16.5. The summed E-state index contributed by atoms with van der Waals surface area (Å²) < 4.78 is 6.95. The molecule has 2 amide bonds. The molecular weight excluding hydrogens is 572 g/mol. The maximum atomic E-state index is 12.9. The molecule has 1 aliphatic rings. The Bertz CT molecular complexity index is 1260. The normalized spacial score (nSPS) is 14.1. The number of rotatable bonds is 14. The third-order valence-electron chi connectivity index (χ3n) is 9.07. The zero-order valence-corrected chi connectivity index (χ0v) is 31.0. The van der Waals surface area contributed by atoms with Crippen molar-refractivity contribution in [2.45, 2.75) is 110 Å². The van der Waals surface area contributed by atoms with Gasteiger partial charge < -0.3 is 25.2 Å². The lowest BCUT2D eigenvalue weighted by Crippen LogP contribution is -2.29. The maximum absolute atomic E-state index is 12.9. The second-order valence-electron chi connectivity index (χ2n) is 16.3. The van der Waals surface area contributed by atoms with Crippen molar-refractivity contribution in [3.05, 3.63) is 57.6 Å². The molecule has 0 spiro atoms. The molecule has 0 bridgehead atoms. The van der Waals surface area contributed by atoms with E-state index in [4.69, 9.17) is 4.74 Å². The largest absolute Gasteiger partial charge is 0.456 e. The number of amides is 2. The van der Waals surface area contributed by atoms with Gasteiger partial charge in [0.25, 0.3) is 0 Å². The molecule has 0 saturated heterocycles. The van der Waals surface area contributed by atoms with Crippen LogP contribution >= 0.6 is 0 Å². The molecule has 256 valence electrons. The van der Waals surface area contributed by atoms with Crippen LogP contribution in [0, 0.1) is 0 Å². The SMILES string of the molecule is CN(C)CCCNC(=O)CCc1cc(C(C)(C)C)cc2c1Oc1c(CCC(=O)NCCCN(C)C)cc(C(C)(C)C)cc1C2(C)C. The highest BCUT2D eigenvalue weighted by Gasteiger charge is 2.39. The highest BCUT2D eigenvalue weighted by molar-refractivity contribution is 5.77. The maximum Gasteiger partial charge on any atom is 0.220 e. The van der Waals surface area contributed by atoms with E-state index < -0.39 is 0 Å². The van der Waals surface area contributed by atoms with Crippen molar-refractivity contribution < 1.29 is 14.3 Å². The molecule has 0 saturated carbocycles. The number of nitrogens with one attached hydrogen (secondary N) is 2. The van der Waals surface area contributed by atoms with E-state index in [9.17, 15) is 9.59 Å². The summed E-state index contributed by atoms with van der Waals surface area (Å²) in [6.07, 6.45) is 3.86. The number of benzene rings is 2. The topological polar surface area (TPSA) is 73.9 Å². The zero-order chi connectivity index (χ0) is 34.4. The van der Waals surface area contributed by atoms with Gasteiger partial charge in [0.15, 0.2) is 0 Å². The Morgan fingerprint density at radius 2 is 1.04 bits per heavy atom. The van der Waals surface area contributed by atoms with Gasteiger partial charge in [-0.05, 0) is 100 Å². The summed E-state index contributed by atoms with van der Waals surface area (Å²) >= 11 is 0. The van der Waals surface area contributed by atoms with Gasteiger partial charge in [-0.2, -0.15) is 0 Å². The molecule has 0 unspecified atom stereocenters.